The first-order chi connectivity index (χ1) is 8.88. The molecule has 0 saturated heterocycles. The fourth-order valence-corrected chi connectivity index (χ4v) is 1.93. The molecular formula is C15H18BNO2. The smallest absolute Gasteiger partial charge is 0.423 e. The summed E-state index contributed by atoms with van der Waals surface area (Å²) in [6.07, 6.45) is 3.49. The van der Waals surface area contributed by atoms with Gasteiger partial charge in [0, 0.05) is 12.4 Å². The van der Waals surface area contributed by atoms with Gasteiger partial charge in [0.1, 0.15) is 0 Å². The van der Waals surface area contributed by atoms with Crippen LogP contribution in [0.15, 0.2) is 42.7 Å². The quantitative estimate of drug-likeness (QED) is 0.803. The molecule has 3 nitrogen and oxygen atoms in total. The molecule has 0 spiro atoms. The van der Waals surface area contributed by atoms with Crippen molar-refractivity contribution in [3.05, 3.63) is 48.3 Å². The average molecular weight is 255 g/mol. The Morgan fingerprint density at radius 1 is 1.05 bits per heavy atom. The summed E-state index contributed by atoms with van der Waals surface area (Å²) in [7, 11) is -1.46. The van der Waals surface area contributed by atoms with Gasteiger partial charge < -0.3 is 10.0 Å². The molecule has 4 heteroatoms. The summed E-state index contributed by atoms with van der Waals surface area (Å²) >= 11 is 0. The number of nitrogens with zero attached hydrogens (tertiary/aromatic N) is 1. The third kappa shape index (κ3) is 3.22. The second-order valence-corrected chi connectivity index (χ2v) is 5.71. The number of benzene rings is 1. The Labute approximate surface area is 114 Å². The summed E-state index contributed by atoms with van der Waals surface area (Å²) in [5.74, 6) is 0. The predicted octanol–water partition coefficient (Wildman–Crippen LogP) is 1.73. The van der Waals surface area contributed by atoms with E-state index in [-0.39, 0.29) is 5.41 Å². The van der Waals surface area contributed by atoms with Crippen LogP contribution < -0.4 is 5.46 Å². The molecule has 98 valence electrons. The molecule has 0 atom stereocenters. The van der Waals surface area contributed by atoms with Crippen molar-refractivity contribution in [3.63, 3.8) is 0 Å². The minimum Gasteiger partial charge on any atom is -0.423 e. The van der Waals surface area contributed by atoms with Crippen LogP contribution in [-0.4, -0.2) is 22.2 Å². The van der Waals surface area contributed by atoms with Crippen molar-refractivity contribution in [2.45, 2.75) is 26.2 Å². The lowest BCUT2D eigenvalue weighted by Crippen LogP contribution is -2.31. The molecule has 0 fully saturated rings. The van der Waals surface area contributed by atoms with Gasteiger partial charge in [0.2, 0.25) is 0 Å². The maximum atomic E-state index is 9.43. The van der Waals surface area contributed by atoms with Crippen LogP contribution in [0.4, 0.5) is 0 Å². The van der Waals surface area contributed by atoms with E-state index >= 15 is 0 Å². The molecule has 0 bridgehead atoms. The SMILES string of the molecule is CC(C)(C)c1cc(B(O)O)cc(-c2cccnc2)c1. The molecule has 2 N–H and O–H groups in total. The van der Waals surface area contributed by atoms with Crippen LogP contribution in [0, 0.1) is 0 Å². The maximum Gasteiger partial charge on any atom is 0.488 e. The first-order valence-corrected chi connectivity index (χ1v) is 6.30. The molecule has 0 aliphatic rings. The number of hydrogen-bond donors (Lipinski definition) is 2. The van der Waals surface area contributed by atoms with Gasteiger partial charge in [-0.05, 0) is 33.6 Å². The zero-order chi connectivity index (χ0) is 14.0. The number of aromatic nitrogens is 1. The van der Waals surface area contributed by atoms with Crippen molar-refractivity contribution >= 4 is 12.6 Å². The van der Waals surface area contributed by atoms with Crippen molar-refractivity contribution in [1.82, 2.24) is 4.98 Å². The van der Waals surface area contributed by atoms with Crippen LogP contribution >= 0.6 is 0 Å². The molecule has 0 aliphatic heterocycles. The van der Waals surface area contributed by atoms with E-state index in [1.54, 1.807) is 18.5 Å². The average Bonchev–Trinajstić information content (AvgIpc) is 2.38. The summed E-state index contributed by atoms with van der Waals surface area (Å²) in [5.41, 5.74) is 3.43. The van der Waals surface area contributed by atoms with E-state index in [4.69, 9.17) is 0 Å². The highest BCUT2D eigenvalue weighted by Gasteiger charge is 2.19. The Hall–Kier alpha value is -1.65. The lowest BCUT2D eigenvalue weighted by molar-refractivity contribution is 0.425. The summed E-state index contributed by atoms with van der Waals surface area (Å²) in [5, 5.41) is 18.9. The van der Waals surface area contributed by atoms with E-state index in [9.17, 15) is 10.0 Å². The Morgan fingerprint density at radius 2 is 1.79 bits per heavy atom. The summed E-state index contributed by atoms with van der Waals surface area (Å²) in [4.78, 5) is 4.10. The van der Waals surface area contributed by atoms with E-state index < -0.39 is 7.12 Å². The lowest BCUT2D eigenvalue weighted by Gasteiger charge is -2.21. The number of rotatable bonds is 2. The topological polar surface area (TPSA) is 53.4 Å². The van der Waals surface area contributed by atoms with Gasteiger partial charge in [-0.15, -0.1) is 0 Å². The van der Waals surface area contributed by atoms with Gasteiger partial charge in [-0.25, -0.2) is 0 Å². The first kappa shape index (κ1) is 13.8. The van der Waals surface area contributed by atoms with Gasteiger partial charge in [0.15, 0.2) is 0 Å². The molecule has 2 aromatic rings. The van der Waals surface area contributed by atoms with Gasteiger partial charge in [0.25, 0.3) is 0 Å². The molecule has 19 heavy (non-hydrogen) atoms. The maximum absolute atomic E-state index is 9.43. The Kier molecular flexibility index (Phi) is 3.74. The van der Waals surface area contributed by atoms with Crippen molar-refractivity contribution in [2.75, 3.05) is 0 Å². The van der Waals surface area contributed by atoms with Gasteiger partial charge >= 0.3 is 7.12 Å². The number of hydrogen-bond acceptors (Lipinski definition) is 3. The van der Waals surface area contributed by atoms with Crippen molar-refractivity contribution in [2.24, 2.45) is 0 Å². The molecule has 1 heterocycles. The zero-order valence-electron chi connectivity index (χ0n) is 11.5. The molecule has 0 aliphatic carbocycles. The summed E-state index contributed by atoms with van der Waals surface area (Å²) in [6, 6.07) is 9.53. The third-order valence-electron chi connectivity index (χ3n) is 3.11. The van der Waals surface area contributed by atoms with Gasteiger partial charge in [0.05, 0.1) is 0 Å². The van der Waals surface area contributed by atoms with Crippen molar-refractivity contribution < 1.29 is 10.0 Å². The van der Waals surface area contributed by atoms with E-state index in [0.717, 1.165) is 16.7 Å². The third-order valence-corrected chi connectivity index (χ3v) is 3.11. The molecule has 1 aromatic carbocycles. The fraction of sp³-hybridized carbons (Fsp3) is 0.267. The van der Waals surface area contributed by atoms with Crippen LogP contribution in [0.5, 0.6) is 0 Å². The Bertz CT molecular complexity index is 562. The summed E-state index contributed by atoms with van der Waals surface area (Å²) in [6.45, 7) is 6.30. The zero-order valence-corrected chi connectivity index (χ0v) is 11.5. The summed E-state index contributed by atoms with van der Waals surface area (Å²) < 4.78 is 0. The lowest BCUT2D eigenvalue weighted by atomic mass is 9.74. The van der Waals surface area contributed by atoms with Gasteiger partial charge in [-0.1, -0.05) is 45.0 Å². The van der Waals surface area contributed by atoms with Gasteiger partial charge in [-0.2, -0.15) is 0 Å². The Balaban J connectivity index is 2.59. The van der Waals surface area contributed by atoms with Crippen molar-refractivity contribution in [3.8, 4) is 11.1 Å². The highest BCUT2D eigenvalue weighted by molar-refractivity contribution is 6.58. The number of pyridine rings is 1. The normalized spacial score (nSPS) is 11.4. The van der Waals surface area contributed by atoms with Crippen LogP contribution in [0.2, 0.25) is 0 Å². The minimum atomic E-state index is -1.46. The Morgan fingerprint density at radius 3 is 2.32 bits per heavy atom. The van der Waals surface area contributed by atoms with E-state index in [1.807, 2.05) is 18.2 Å². The second kappa shape index (κ2) is 5.15. The highest BCUT2D eigenvalue weighted by Crippen LogP contribution is 2.26. The molecule has 2 rings (SSSR count). The highest BCUT2D eigenvalue weighted by atomic mass is 16.4. The minimum absolute atomic E-state index is 0.0537. The van der Waals surface area contributed by atoms with Crippen LogP contribution in [-0.2, 0) is 5.41 Å². The van der Waals surface area contributed by atoms with E-state index in [2.05, 4.69) is 31.8 Å². The second-order valence-electron chi connectivity index (χ2n) is 5.71. The van der Waals surface area contributed by atoms with E-state index in [0.29, 0.717) is 5.46 Å². The molecular weight excluding hydrogens is 237 g/mol. The molecule has 0 radical (unpaired) electrons. The van der Waals surface area contributed by atoms with Crippen LogP contribution in [0.1, 0.15) is 26.3 Å². The standard InChI is InChI=1S/C15H18BNO2/c1-15(2,3)13-7-12(8-14(9-13)16(18)19)11-5-4-6-17-10-11/h4-10,18-19H,1-3H3. The van der Waals surface area contributed by atoms with Crippen molar-refractivity contribution in [1.29, 1.82) is 0 Å². The first-order valence-electron chi connectivity index (χ1n) is 6.30. The van der Waals surface area contributed by atoms with Gasteiger partial charge in [-0.3, -0.25) is 4.98 Å². The van der Waals surface area contributed by atoms with Crippen LogP contribution in [0.3, 0.4) is 0 Å². The molecule has 0 unspecified atom stereocenters. The molecule has 0 amide bonds. The van der Waals surface area contributed by atoms with Crippen LogP contribution in [0.25, 0.3) is 11.1 Å². The monoisotopic (exact) mass is 255 g/mol. The van der Waals surface area contributed by atoms with E-state index in [1.165, 1.54) is 0 Å². The fourth-order valence-electron chi connectivity index (χ4n) is 1.93. The molecule has 0 saturated carbocycles. The predicted molar refractivity (Wildman–Crippen MR) is 78.2 cm³/mol. The largest absolute Gasteiger partial charge is 0.488 e. The molecule has 1 aromatic heterocycles.